The van der Waals surface area contributed by atoms with Crippen molar-refractivity contribution in [3.63, 3.8) is 0 Å². The third kappa shape index (κ3) is 6.90. The van der Waals surface area contributed by atoms with Crippen LogP contribution in [-0.4, -0.2) is 34.9 Å². The van der Waals surface area contributed by atoms with Gasteiger partial charge in [0.25, 0.3) is 0 Å². The summed E-state index contributed by atoms with van der Waals surface area (Å²) in [5.41, 5.74) is 2.91. The van der Waals surface area contributed by atoms with Crippen LogP contribution in [0.25, 0.3) is 0 Å². The van der Waals surface area contributed by atoms with Crippen LogP contribution in [0.4, 0.5) is 27.6 Å². The highest BCUT2D eigenvalue weighted by Gasteiger charge is 2.28. The van der Waals surface area contributed by atoms with Gasteiger partial charge in [-0.25, -0.2) is 31.1 Å². The fraction of sp³-hybridized carbons (Fsp3) is 0.333. The van der Waals surface area contributed by atoms with Crippen molar-refractivity contribution in [2.45, 2.75) is 56.4 Å². The maximum absolute atomic E-state index is 14.2. The van der Waals surface area contributed by atoms with Crippen LogP contribution in [-0.2, 0) is 11.3 Å². The molecule has 4 rings (SSSR count). The van der Waals surface area contributed by atoms with Gasteiger partial charge < -0.3 is 10.0 Å². The average Bonchev–Trinajstić information content (AvgIpc) is 2.96. The number of hydrogen-bond donors (Lipinski definition) is 1. The smallest absolute Gasteiger partial charge is 0.335 e. The summed E-state index contributed by atoms with van der Waals surface area (Å²) in [4.78, 5) is 25.3. The van der Waals surface area contributed by atoms with Crippen molar-refractivity contribution < 1.29 is 36.6 Å². The fourth-order valence-electron chi connectivity index (χ4n) is 5.02. The van der Waals surface area contributed by atoms with Gasteiger partial charge in [-0.1, -0.05) is 43.5 Å². The predicted molar refractivity (Wildman–Crippen MR) is 146 cm³/mol. The summed E-state index contributed by atoms with van der Waals surface area (Å²) in [7, 11) is 1.29. The maximum atomic E-state index is 14.2. The third-order valence-electron chi connectivity index (χ3n) is 7.22. The van der Waals surface area contributed by atoms with E-state index in [1.807, 2.05) is 24.3 Å². The quantitative estimate of drug-likeness (QED) is 0.120. The van der Waals surface area contributed by atoms with E-state index in [4.69, 9.17) is 0 Å². The van der Waals surface area contributed by atoms with Crippen molar-refractivity contribution in [2.24, 2.45) is 0 Å². The molecule has 3 aromatic carbocycles. The molecule has 1 fully saturated rings. The number of amides is 1. The number of aromatic carboxylic acids is 1. The van der Waals surface area contributed by atoms with Crippen molar-refractivity contribution in [1.29, 1.82) is 0 Å². The van der Waals surface area contributed by atoms with Crippen LogP contribution in [0.5, 0.6) is 0 Å². The zero-order valence-corrected chi connectivity index (χ0v) is 23.3. The zero-order chi connectivity index (χ0) is 29.8. The lowest BCUT2D eigenvalue weighted by molar-refractivity contribution is -0.118. The number of carboxylic acids is 1. The fourth-order valence-corrected chi connectivity index (χ4v) is 5.85. The summed E-state index contributed by atoms with van der Waals surface area (Å²) >= 11 is 0.220. The van der Waals surface area contributed by atoms with Gasteiger partial charge >= 0.3 is 5.97 Å². The van der Waals surface area contributed by atoms with E-state index in [1.54, 1.807) is 13.0 Å². The Hall–Kier alpha value is -3.44. The standard InChI is InChI=1S/C30H29F5N2O3S/c1-17-14-21(12-13-22(17)30(39)40)37(15-18-8-10-20(11-9-18)19-6-4-3-5-7-19)23(38)16-36(2)41-29-27(34)25(32)24(31)26(33)28(29)35/h8-14,19H,3-7,15-16H2,1-2H3,(H,39,40). The van der Waals surface area contributed by atoms with Gasteiger partial charge in [0.15, 0.2) is 23.3 Å². The topological polar surface area (TPSA) is 60.9 Å². The second-order valence-electron chi connectivity index (χ2n) is 10.1. The number of hydrogen-bond acceptors (Lipinski definition) is 4. The summed E-state index contributed by atoms with van der Waals surface area (Å²) in [6.45, 7) is 1.25. The highest BCUT2D eigenvalue weighted by Crippen LogP contribution is 2.34. The van der Waals surface area contributed by atoms with Crippen LogP contribution in [0.15, 0.2) is 47.4 Å². The van der Waals surface area contributed by atoms with Crippen molar-refractivity contribution in [2.75, 3.05) is 18.5 Å². The van der Waals surface area contributed by atoms with Crippen molar-refractivity contribution >= 4 is 29.5 Å². The minimum Gasteiger partial charge on any atom is -0.478 e. The lowest BCUT2D eigenvalue weighted by Gasteiger charge is -2.27. The summed E-state index contributed by atoms with van der Waals surface area (Å²) in [6.07, 6.45) is 5.88. The zero-order valence-electron chi connectivity index (χ0n) is 22.5. The highest BCUT2D eigenvalue weighted by atomic mass is 32.2. The third-order valence-corrected chi connectivity index (χ3v) is 8.21. The molecule has 0 aromatic heterocycles. The molecule has 5 nitrogen and oxygen atoms in total. The molecule has 41 heavy (non-hydrogen) atoms. The van der Waals surface area contributed by atoms with Crippen LogP contribution in [0.3, 0.4) is 0 Å². The van der Waals surface area contributed by atoms with Crippen LogP contribution >= 0.6 is 11.9 Å². The van der Waals surface area contributed by atoms with Gasteiger partial charge in [-0.05, 0) is 79.6 Å². The molecule has 0 spiro atoms. The SMILES string of the molecule is Cc1cc(N(Cc2ccc(C3CCCCC3)cc2)C(=O)CN(C)Sc2c(F)c(F)c(F)c(F)c2F)ccc1C(=O)O. The molecule has 0 radical (unpaired) electrons. The van der Waals surface area contributed by atoms with Crippen LogP contribution < -0.4 is 4.90 Å². The monoisotopic (exact) mass is 592 g/mol. The number of likely N-dealkylation sites (N-methyl/N-ethyl adjacent to an activating group) is 1. The number of nitrogens with zero attached hydrogens (tertiary/aromatic N) is 2. The maximum Gasteiger partial charge on any atom is 0.335 e. The van der Waals surface area contributed by atoms with E-state index in [-0.39, 0.29) is 24.1 Å². The van der Waals surface area contributed by atoms with E-state index in [0.717, 1.165) is 22.7 Å². The van der Waals surface area contributed by atoms with Crippen LogP contribution in [0.1, 0.15) is 65.1 Å². The van der Waals surface area contributed by atoms with Crippen LogP contribution in [0, 0.1) is 36.0 Å². The summed E-state index contributed by atoms with van der Waals surface area (Å²) in [5.74, 6) is -11.5. The number of anilines is 1. The second-order valence-corrected chi connectivity index (χ2v) is 11.4. The van der Waals surface area contributed by atoms with Crippen molar-refractivity contribution in [1.82, 2.24) is 4.31 Å². The molecule has 0 bridgehead atoms. The van der Waals surface area contributed by atoms with Gasteiger partial charge in [0, 0.05) is 5.69 Å². The molecule has 1 N–H and O–H groups in total. The molecule has 0 aliphatic heterocycles. The van der Waals surface area contributed by atoms with Crippen molar-refractivity contribution in [3.05, 3.63) is 93.8 Å². The molecule has 0 heterocycles. The Morgan fingerprint density at radius 1 is 0.878 bits per heavy atom. The second kappa shape index (κ2) is 13.0. The van der Waals surface area contributed by atoms with Gasteiger partial charge in [0.2, 0.25) is 11.7 Å². The summed E-state index contributed by atoms with van der Waals surface area (Å²) in [6, 6.07) is 12.4. The number of aryl methyl sites for hydroxylation is 1. The van der Waals surface area contributed by atoms with Gasteiger partial charge in [0.1, 0.15) is 4.90 Å². The van der Waals surface area contributed by atoms with Crippen LogP contribution in [0.2, 0.25) is 0 Å². The first-order valence-corrected chi connectivity index (χ1v) is 13.9. The van der Waals surface area contributed by atoms with E-state index >= 15 is 0 Å². The van der Waals surface area contributed by atoms with Gasteiger partial charge in [-0.2, -0.15) is 0 Å². The number of carbonyl (C=O) groups excluding carboxylic acids is 1. The lowest BCUT2D eigenvalue weighted by atomic mass is 9.84. The molecule has 0 saturated heterocycles. The Kier molecular flexibility index (Phi) is 9.70. The number of halogens is 5. The first-order chi connectivity index (χ1) is 19.5. The first-order valence-electron chi connectivity index (χ1n) is 13.1. The molecule has 1 saturated carbocycles. The molecule has 218 valence electrons. The van der Waals surface area contributed by atoms with Gasteiger partial charge in [-0.15, -0.1) is 0 Å². The number of benzene rings is 3. The highest BCUT2D eigenvalue weighted by molar-refractivity contribution is 7.97. The Bertz CT molecular complexity index is 1420. The molecule has 1 amide bonds. The minimum absolute atomic E-state index is 0.0666. The molecular formula is C30H29F5N2O3S. The molecule has 0 unspecified atom stereocenters. The van der Waals surface area contributed by atoms with E-state index < -0.39 is 52.4 Å². The van der Waals surface area contributed by atoms with E-state index in [2.05, 4.69) is 0 Å². The Morgan fingerprint density at radius 2 is 1.46 bits per heavy atom. The Morgan fingerprint density at radius 3 is 2.02 bits per heavy atom. The van der Waals surface area contributed by atoms with E-state index in [0.29, 0.717) is 17.2 Å². The average molecular weight is 593 g/mol. The van der Waals surface area contributed by atoms with Gasteiger partial charge in [-0.3, -0.25) is 4.79 Å². The Labute approximate surface area is 239 Å². The number of carbonyl (C=O) groups is 2. The minimum atomic E-state index is -2.26. The predicted octanol–water partition coefficient (Wildman–Crippen LogP) is 7.61. The first kappa shape index (κ1) is 30.5. The largest absolute Gasteiger partial charge is 0.478 e. The normalized spacial score (nSPS) is 14.0. The number of rotatable bonds is 9. The lowest BCUT2D eigenvalue weighted by Crippen LogP contribution is -2.37. The van der Waals surface area contributed by atoms with E-state index in [1.165, 1.54) is 48.9 Å². The molecule has 1 aliphatic carbocycles. The Balaban J connectivity index is 1.58. The summed E-state index contributed by atoms with van der Waals surface area (Å²) < 4.78 is 70.3. The molecule has 0 atom stereocenters. The molecule has 3 aromatic rings. The van der Waals surface area contributed by atoms with E-state index in [9.17, 15) is 36.6 Å². The molecule has 11 heteroatoms. The molecular weight excluding hydrogens is 563 g/mol. The summed E-state index contributed by atoms with van der Waals surface area (Å²) in [5, 5.41) is 9.40. The molecule has 1 aliphatic rings. The number of carboxylic acid groups (broad SMARTS) is 1. The van der Waals surface area contributed by atoms with Crippen molar-refractivity contribution in [3.8, 4) is 0 Å². The van der Waals surface area contributed by atoms with Gasteiger partial charge in [0.05, 0.1) is 18.7 Å².